The number of carbonyl (C=O) groups is 1. The number of amides is 1. The average Bonchev–Trinajstić information content (AvgIpc) is 3.17. The van der Waals surface area contributed by atoms with Crippen LogP contribution in [0.15, 0.2) is 42.6 Å². The van der Waals surface area contributed by atoms with Gasteiger partial charge in [0.05, 0.1) is 48.0 Å². The number of pyridine rings is 1. The number of ether oxygens (including phenoxy) is 2. The van der Waals surface area contributed by atoms with E-state index in [1.165, 1.54) is 19.9 Å². The number of nitriles is 1. The molecule has 48 heavy (non-hydrogen) atoms. The van der Waals surface area contributed by atoms with Crippen molar-refractivity contribution in [3.8, 4) is 23.1 Å². The lowest BCUT2D eigenvalue weighted by Crippen LogP contribution is -2.44. The van der Waals surface area contributed by atoms with Crippen molar-refractivity contribution < 1.29 is 53.8 Å². The summed E-state index contributed by atoms with van der Waals surface area (Å²) in [7, 11) is 0. The Kier molecular flexibility index (Phi) is 10.3. The highest BCUT2D eigenvalue weighted by Crippen LogP contribution is 2.43. The van der Waals surface area contributed by atoms with Gasteiger partial charge in [-0.25, -0.2) is 13.2 Å². The second kappa shape index (κ2) is 13.6. The lowest BCUT2D eigenvalue weighted by Gasteiger charge is -2.29. The van der Waals surface area contributed by atoms with Crippen LogP contribution in [0.4, 0.5) is 50.9 Å². The maximum Gasteiger partial charge on any atom is 0.420 e. The van der Waals surface area contributed by atoms with Gasteiger partial charge < -0.3 is 14.4 Å². The summed E-state index contributed by atoms with van der Waals surface area (Å²) in [5.74, 6) is -4.54. The van der Waals surface area contributed by atoms with Gasteiger partial charge in [-0.05, 0) is 63.3 Å². The van der Waals surface area contributed by atoms with E-state index in [0.29, 0.717) is 23.1 Å². The molecule has 3 aromatic rings. The van der Waals surface area contributed by atoms with Gasteiger partial charge in [-0.2, -0.15) is 31.6 Å². The predicted molar refractivity (Wildman–Crippen MR) is 159 cm³/mol. The van der Waals surface area contributed by atoms with Crippen molar-refractivity contribution in [3.63, 3.8) is 0 Å². The van der Waals surface area contributed by atoms with Gasteiger partial charge in [0.2, 0.25) is 0 Å². The number of halogens is 9. The van der Waals surface area contributed by atoms with Crippen molar-refractivity contribution in [2.75, 3.05) is 29.6 Å². The Morgan fingerprint density at radius 3 is 2.33 bits per heavy atom. The number of carbonyl (C=O) groups excluding carboxylic acids is 1. The molecular formula is C31H25F9N4O3S. The van der Waals surface area contributed by atoms with Crippen LogP contribution in [0.1, 0.15) is 43.9 Å². The molecule has 0 bridgehead atoms. The van der Waals surface area contributed by atoms with E-state index in [1.54, 1.807) is 6.92 Å². The summed E-state index contributed by atoms with van der Waals surface area (Å²) in [5.41, 5.74) is -8.70. The van der Waals surface area contributed by atoms with E-state index in [-0.39, 0.29) is 37.7 Å². The second-order valence-electron chi connectivity index (χ2n) is 10.9. The predicted octanol–water partition coefficient (Wildman–Crippen LogP) is 8.00. The highest BCUT2D eigenvalue weighted by Gasteiger charge is 2.52. The van der Waals surface area contributed by atoms with Crippen LogP contribution in [-0.4, -0.2) is 47.5 Å². The minimum Gasteiger partial charge on any atom is -0.493 e. The van der Waals surface area contributed by atoms with Gasteiger partial charge in [0, 0.05) is 24.7 Å². The third-order valence-corrected chi connectivity index (χ3v) is 7.64. The van der Waals surface area contributed by atoms with E-state index >= 15 is 8.78 Å². The zero-order chi connectivity index (χ0) is 35.8. The van der Waals surface area contributed by atoms with Crippen LogP contribution in [0.25, 0.3) is 11.3 Å². The monoisotopic (exact) mass is 704 g/mol. The first-order chi connectivity index (χ1) is 22.3. The molecule has 1 aromatic heterocycles. The summed E-state index contributed by atoms with van der Waals surface area (Å²) in [5, 5.41) is 8.47. The van der Waals surface area contributed by atoms with Gasteiger partial charge in [-0.15, -0.1) is 0 Å². The fourth-order valence-corrected chi connectivity index (χ4v) is 5.50. The molecule has 0 spiro atoms. The van der Waals surface area contributed by atoms with Crippen molar-refractivity contribution in [1.29, 1.82) is 5.26 Å². The van der Waals surface area contributed by atoms with Crippen LogP contribution in [0.2, 0.25) is 0 Å². The Bertz CT molecular complexity index is 1770. The van der Waals surface area contributed by atoms with Gasteiger partial charge in [-0.1, -0.05) is 0 Å². The van der Waals surface area contributed by atoms with Crippen LogP contribution < -0.4 is 14.5 Å². The van der Waals surface area contributed by atoms with Crippen LogP contribution in [0, 0.1) is 23.0 Å². The molecule has 17 heteroatoms. The number of thiocarbonyl (C=S) groups is 1. The number of hydrogen-bond acceptors (Lipinski definition) is 6. The smallest absolute Gasteiger partial charge is 0.420 e. The zero-order valence-electron chi connectivity index (χ0n) is 25.3. The first-order valence-corrected chi connectivity index (χ1v) is 14.5. The van der Waals surface area contributed by atoms with Crippen molar-refractivity contribution >= 4 is 34.6 Å². The minimum atomic E-state index is -5.31. The molecule has 1 unspecified atom stereocenters. The number of aromatic nitrogens is 1. The standard InChI is InChI=1S/C31H25F9N4O3S/c1-4-46-15-17(32)9-10-47-19-6-7-20(21(12-19)30(35,36)37)26-22(33)11-18(14-42-26)44-28(48)43(27(45)29(44,2)3)23-8-5-16(13-41)24(25(23)34)31(38,39)40/h5-8,11-12,14,17H,4,9-10,15H2,1-3H3. The lowest BCUT2D eigenvalue weighted by molar-refractivity contribution is -0.140. The fourth-order valence-electron chi connectivity index (χ4n) is 4.99. The highest BCUT2D eigenvalue weighted by molar-refractivity contribution is 7.81. The van der Waals surface area contributed by atoms with Crippen LogP contribution in [0.5, 0.6) is 5.75 Å². The molecule has 0 saturated carbocycles. The lowest BCUT2D eigenvalue weighted by atomic mass is 10.0. The van der Waals surface area contributed by atoms with Crippen LogP contribution >= 0.6 is 12.2 Å². The second-order valence-corrected chi connectivity index (χ2v) is 11.2. The zero-order valence-corrected chi connectivity index (χ0v) is 26.1. The normalized spacial score (nSPS) is 15.6. The van der Waals surface area contributed by atoms with Gasteiger partial charge in [0.1, 0.15) is 28.7 Å². The molecule has 4 rings (SSSR count). The number of rotatable bonds is 10. The van der Waals surface area contributed by atoms with E-state index in [9.17, 15) is 35.5 Å². The van der Waals surface area contributed by atoms with Crippen molar-refractivity contribution in [3.05, 3.63) is 70.9 Å². The van der Waals surface area contributed by atoms with E-state index in [2.05, 4.69) is 4.98 Å². The molecule has 1 saturated heterocycles. The minimum absolute atomic E-state index is 0.156. The molecule has 7 nitrogen and oxygen atoms in total. The molecule has 0 N–H and O–H groups in total. The number of alkyl halides is 7. The van der Waals surface area contributed by atoms with E-state index in [4.69, 9.17) is 27.0 Å². The van der Waals surface area contributed by atoms with Crippen molar-refractivity contribution in [2.24, 2.45) is 0 Å². The SMILES string of the molecule is CCOCC(F)CCOc1ccc(-c2ncc(N3C(=S)N(c4ccc(C#N)c(C(F)(F)F)c4F)C(=O)C3(C)C)cc2F)c(C(F)(F)F)c1. The summed E-state index contributed by atoms with van der Waals surface area (Å²) < 4.78 is 138. The quantitative estimate of drug-likeness (QED) is 0.156. The first kappa shape index (κ1) is 36.4. The van der Waals surface area contributed by atoms with Crippen molar-refractivity contribution in [2.45, 2.75) is 51.3 Å². The van der Waals surface area contributed by atoms with E-state index in [1.807, 2.05) is 0 Å². The number of nitrogens with zero attached hydrogens (tertiary/aromatic N) is 4. The Morgan fingerprint density at radius 2 is 1.75 bits per heavy atom. The molecule has 1 aliphatic rings. The molecule has 2 heterocycles. The molecule has 1 fully saturated rings. The summed E-state index contributed by atoms with van der Waals surface area (Å²) in [6.07, 6.45) is -11.0. The van der Waals surface area contributed by atoms with Crippen LogP contribution in [0.3, 0.4) is 0 Å². The number of benzene rings is 2. The third-order valence-electron chi connectivity index (χ3n) is 7.27. The van der Waals surface area contributed by atoms with E-state index < -0.39 is 80.4 Å². The van der Waals surface area contributed by atoms with Gasteiger partial charge in [0.25, 0.3) is 5.91 Å². The number of hydrogen-bond donors (Lipinski definition) is 0. The maximum atomic E-state index is 15.6. The van der Waals surface area contributed by atoms with Crippen LogP contribution in [-0.2, 0) is 21.9 Å². The third kappa shape index (κ3) is 7.04. The Labute approximate surface area is 273 Å². The molecule has 0 aliphatic carbocycles. The Morgan fingerprint density at radius 1 is 1.06 bits per heavy atom. The molecule has 2 aromatic carbocycles. The molecular weight excluding hydrogens is 679 g/mol. The molecule has 1 amide bonds. The summed E-state index contributed by atoms with van der Waals surface area (Å²) in [6.45, 7) is 3.99. The molecule has 256 valence electrons. The van der Waals surface area contributed by atoms with Gasteiger partial charge in [-0.3, -0.25) is 14.7 Å². The summed E-state index contributed by atoms with van der Waals surface area (Å²) >= 11 is 5.31. The van der Waals surface area contributed by atoms with Gasteiger partial charge >= 0.3 is 12.4 Å². The Balaban J connectivity index is 1.68. The maximum absolute atomic E-state index is 15.6. The molecule has 1 atom stereocenters. The molecule has 1 aliphatic heterocycles. The molecule has 0 radical (unpaired) electrons. The summed E-state index contributed by atoms with van der Waals surface area (Å²) in [6, 6.07) is 6.02. The topological polar surface area (TPSA) is 78.7 Å². The fraction of sp³-hybridized carbons (Fsp3) is 0.355. The first-order valence-electron chi connectivity index (χ1n) is 14.0. The summed E-state index contributed by atoms with van der Waals surface area (Å²) in [4.78, 5) is 18.7. The Hall–Kier alpha value is -4.43. The van der Waals surface area contributed by atoms with E-state index in [0.717, 1.165) is 29.3 Å². The largest absolute Gasteiger partial charge is 0.493 e. The highest BCUT2D eigenvalue weighted by atomic mass is 32.1. The number of anilines is 2. The van der Waals surface area contributed by atoms with Crippen molar-refractivity contribution in [1.82, 2.24) is 4.98 Å². The average molecular weight is 705 g/mol. The van der Waals surface area contributed by atoms with Gasteiger partial charge in [0.15, 0.2) is 16.7 Å².